The van der Waals surface area contributed by atoms with E-state index in [9.17, 15) is 4.79 Å². The van der Waals surface area contributed by atoms with Gasteiger partial charge in [0.2, 0.25) is 0 Å². The topological polar surface area (TPSA) is 51.7 Å². The van der Waals surface area contributed by atoms with Crippen molar-refractivity contribution in [2.24, 2.45) is 0 Å². The van der Waals surface area contributed by atoms with Crippen LogP contribution < -0.4 is 4.74 Å². The van der Waals surface area contributed by atoms with Crippen LogP contribution in [0.1, 0.15) is 25.7 Å². The standard InChI is InChI=1S/C23H24N2O3S/c26-23(21-2-1-12-27-21)25-10-7-19(8-11-25)28-18-5-3-16(4-6-18)17-14-22-20(24-15-17)9-13-29-22/h3-6,9,13-15,19,21H,1-2,7-8,10-12H2/t21-/m1/s1. The van der Waals surface area contributed by atoms with E-state index >= 15 is 0 Å². The average Bonchev–Trinajstić information content (AvgIpc) is 3.46. The van der Waals surface area contributed by atoms with Crippen LogP contribution in [0.25, 0.3) is 21.3 Å². The van der Waals surface area contributed by atoms with E-state index in [1.54, 1.807) is 11.3 Å². The average molecular weight is 409 g/mol. The molecule has 5 rings (SSSR count). The van der Waals surface area contributed by atoms with Crippen LogP contribution in [-0.4, -0.2) is 47.7 Å². The van der Waals surface area contributed by atoms with Gasteiger partial charge < -0.3 is 14.4 Å². The number of carbonyl (C=O) groups is 1. The van der Waals surface area contributed by atoms with Crippen molar-refractivity contribution in [3.63, 3.8) is 0 Å². The zero-order valence-corrected chi connectivity index (χ0v) is 17.1. The molecule has 2 aromatic heterocycles. The molecule has 0 radical (unpaired) electrons. The first-order chi connectivity index (χ1) is 14.3. The lowest BCUT2D eigenvalue weighted by molar-refractivity contribution is -0.142. The monoisotopic (exact) mass is 408 g/mol. The molecule has 1 amide bonds. The minimum atomic E-state index is -0.220. The van der Waals surface area contributed by atoms with Crippen molar-refractivity contribution in [2.45, 2.75) is 37.9 Å². The van der Waals surface area contributed by atoms with Gasteiger partial charge in [0.05, 0.1) is 10.2 Å². The summed E-state index contributed by atoms with van der Waals surface area (Å²) in [5, 5.41) is 2.07. The minimum absolute atomic E-state index is 0.151. The third-order valence-corrected chi connectivity index (χ3v) is 6.60. The summed E-state index contributed by atoms with van der Waals surface area (Å²) in [6.07, 6.45) is 5.42. The van der Waals surface area contributed by atoms with Gasteiger partial charge in [-0.25, -0.2) is 0 Å². The number of likely N-dealkylation sites (tertiary alicyclic amines) is 1. The van der Waals surface area contributed by atoms with Gasteiger partial charge in [0.15, 0.2) is 0 Å². The predicted octanol–water partition coefficient (Wildman–Crippen LogP) is 4.51. The number of hydrogen-bond donors (Lipinski definition) is 0. The van der Waals surface area contributed by atoms with E-state index in [0.717, 1.165) is 61.2 Å². The Kier molecular flexibility index (Phi) is 5.21. The van der Waals surface area contributed by atoms with Crippen molar-refractivity contribution in [3.8, 4) is 16.9 Å². The lowest BCUT2D eigenvalue weighted by Crippen LogP contribution is -2.45. The Labute approximate surface area is 174 Å². The number of thiophene rings is 1. The number of hydrogen-bond acceptors (Lipinski definition) is 5. The Morgan fingerprint density at radius 2 is 1.93 bits per heavy atom. The number of carbonyl (C=O) groups excluding carboxylic acids is 1. The molecule has 6 heteroatoms. The van der Waals surface area contributed by atoms with Gasteiger partial charge in [0.25, 0.3) is 5.91 Å². The second kappa shape index (κ2) is 8.13. The summed E-state index contributed by atoms with van der Waals surface area (Å²) in [7, 11) is 0. The molecule has 0 spiro atoms. The predicted molar refractivity (Wildman–Crippen MR) is 114 cm³/mol. The fourth-order valence-corrected chi connectivity index (χ4v) is 4.87. The zero-order chi connectivity index (χ0) is 19.6. The molecule has 150 valence electrons. The van der Waals surface area contributed by atoms with Gasteiger partial charge in [-0.3, -0.25) is 9.78 Å². The van der Waals surface area contributed by atoms with Crippen LogP contribution in [0.3, 0.4) is 0 Å². The van der Waals surface area contributed by atoms with E-state index in [1.807, 2.05) is 29.3 Å². The fraction of sp³-hybridized carbons (Fsp3) is 0.391. The number of fused-ring (bicyclic) bond motifs is 1. The first-order valence-electron chi connectivity index (χ1n) is 10.3. The van der Waals surface area contributed by atoms with Crippen LogP contribution in [0.4, 0.5) is 0 Å². The SMILES string of the molecule is O=C([C@H]1CCCO1)N1CCC(Oc2ccc(-c3cnc4ccsc4c3)cc2)CC1. The molecule has 0 bridgehead atoms. The van der Waals surface area contributed by atoms with Crippen LogP contribution in [0, 0.1) is 0 Å². The summed E-state index contributed by atoms with van der Waals surface area (Å²) < 4.78 is 12.9. The van der Waals surface area contributed by atoms with Crippen molar-refractivity contribution < 1.29 is 14.3 Å². The molecule has 0 aliphatic carbocycles. The summed E-state index contributed by atoms with van der Waals surface area (Å²) in [6.45, 7) is 2.20. The van der Waals surface area contributed by atoms with Gasteiger partial charge in [-0.1, -0.05) is 12.1 Å². The highest BCUT2D eigenvalue weighted by molar-refractivity contribution is 7.17. The highest BCUT2D eigenvalue weighted by atomic mass is 32.1. The van der Waals surface area contributed by atoms with E-state index in [-0.39, 0.29) is 18.1 Å². The number of rotatable bonds is 4. The van der Waals surface area contributed by atoms with E-state index in [0.29, 0.717) is 6.61 Å². The summed E-state index contributed by atoms with van der Waals surface area (Å²) in [6, 6.07) is 12.4. The second-order valence-corrected chi connectivity index (χ2v) is 8.64. The largest absolute Gasteiger partial charge is 0.490 e. The zero-order valence-electron chi connectivity index (χ0n) is 16.3. The first-order valence-corrected chi connectivity index (χ1v) is 11.1. The fourth-order valence-electron chi connectivity index (χ4n) is 4.09. The molecule has 0 N–H and O–H groups in total. The molecule has 29 heavy (non-hydrogen) atoms. The molecule has 3 aromatic rings. The van der Waals surface area contributed by atoms with Crippen molar-refractivity contribution >= 4 is 27.5 Å². The number of pyridine rings is 1. The minimum Gasteiger partial charge on any atom is -0.490 e. The number of piperidine rings is 1. The molecule has 2 fully saturated rings. The normalized spacial score (nSPS) is 20.3. The van der Waals surface area contributed by atoms with Gasteiger partial charge >= 0.3 is 0 Å². The molecule has 4 heterocycles. The van der Waals surface area contributed by atoms with E-state index < -0.39 is 0 Å². The van der Waals surface area contributed by atoms with Crippen LogP contribution in [0.5, 0.6) is 5.75 Å². The van der Waals surface area contributed by atoms with Crippen LogP contribution in [-0.2, 0) is 9.53 Å². The third-order valence-electron chi connectivity index (χ3n) is 5.75. The Morgan fingerprint density at radius 3 is 2.69 bits per heavy atom. The number of ether oxygens (including phenoxy) is 2. The Balaban J connectivity index is 1.18. The molecule has 1 atom stereocenters. The van der Waals surface area contributed by atoms with Crippen LogP contribution in [0.2, 0.25) is 0 Å². The lowest BCUT2D eigenvalue weighted by Gasteiger charge is -2.33. The molecule has 2 aliphatic heterocycles. The number of nitrogens with zero attached hydrogens (tertiary/aromatic N) is 2. The lowest BCUT2D eigenvalue weighted by atomic mass is 10.1. The van der Waals surface area contributed by atoms with E-state index in [4.69, 9.17) is 9.47 Å². The number of amides is 1. The molecule has 1 aromatic carbocycles. The maximum absolute atomic E-state index is 12.5. The Hall–Kier alpha value is -2.44. The summed E-state index contributed by atoms with van der Waals surface area (Å²) in [4.78, 5) is 18.9. The summed E-state index contributed by atoms with van der Waals surface area (Å²) in [5.41, 5.74) is 3.30. The smallest absolute Gasteiger partial charge is 0.251 e. The Bertz CT molecular complexity index is 987. The first kappa shape index (κ1) is 18.6. The second-order valence-electron chi connectivity index (χ2n) is 7.70. The summed E-state index contributed by atoms with van der Waals surface area (Å²) >= 11 is 1.71. The molecule has 5 nitrogen and oxygen atoms in total. The quantitative estimate of drug-likeness (QED) is 0.637. The molecular weight excluding hydrogens is 384 g/mol. The number of aromatic nitrogens is 1. The highest BCUT2D eigenvalue weighted by Crippen LogP contribution is 2.28. The maximum atomic E-state index is 12.5. The van der Waals surface area contributed by atoms with Crippen LogP contribution in [0.15, 0.2) is 48.0 Å². The van der Waals surface area contributed by atoms with Crippen molar-refractivity contribution in [1.82, 2.24) is 9.88 Å². The molecular formula is C23H24N2O3S. The van der Waals surface area contributed by atoms with E-state index in [1.165, 1.54) is 4.70 Å². The number of benzene rings is 1. The van der Waals surface area contributed by atoms with Gasteiger partial charge in [0, 0.05) is 44.3 Å². The van der Waals surface area contributed by atoms with Crippen LogP contribution >= 0.6 is 11.3 Å². The molecule has 0 saturated carbocycles. The van der Waals surface area contributed by atoms with E-state index in [2.05, 4.69) is 28.6 Å². The van der Waals surface area contributed by atoms with Crippen molar-refractivity contribution in [1.29, 1.82) is 0 Å². The van der Waals surface area contributed by atoms with Crippen molar-refractivity contribution in [2.75, 3.05) is 19.7 Å². The molecule has 2 saturated heterocycles. The van der Waals surface area contributed by atoms with Gasteiger partial charge in [-0.15, -0.1) is 11.3 Å². The van der Waals surface area contributed by atoms with Gasteiger partial charge in [0.1, 0.15) is 18.0 Å². The maximum Gasteiger partial charge on any atom is 0.251 e. The van der Waals surface area contributed by atoms with Gasteiger partial charge in [-0.05, 0) is 48.1 Å². The van der Waals surface area contributed by atoms with Gasteiger partial charge in [-0.2, -0.15) is 0 Å². The Morgan fingerprint density at radius 1 is 1.10 bits per heavy atom. The van der Waals surface area contributed by atoms with Crippen molar-refractivity contribution in [3.05, 3.63) is 48.0 Å². The highest BCUT2D eigenvalue weighted by Gasteiger charge is 2.31. The molecule has 2 aliphatic rings. The molecule has 0 unspecified atom stereocenters. The summed E-state index contributed by atoms with van der Waals surface area (Å²) in [5.74, 6) is 1.03. The third kappa shape index (κ3) is 4.00.